The topological polar surface area (TPSA) is 9.23 Å². The number of fused-ring (bicyclic) bond motifs is 2. The first-order valence-electron chi connectivity index (χ1n) is 8.24. The lowest BCUT2D eigenvalue weighted by Gasteiger charge is -2.40. The van der Waals surface area contributed by atoms with E-state index in [0.717, 1.165) is 34.4 Å². The van der Waals surface area contributed by atoms with Crippen LogP contribution in [0.2, 0.25) is 10.0 Å². The Morgan fingerprint density at radius 2 is 1.75 bits per heavy atom. The van der Waals surface area contributed by atoms with E-state index >= 15 is 0 Å². The van der Waals surface area contributed by atoms with Gasteiger partial charge < -0.3 is 4.74 Å². The monoisotopic (exact) mass is 422 g/mol. The molecule has 2 aliphatic rings. The van der Waals surface area contributed by atoms with Gasteiger partial charge >= 0.3 is 0 Å². The highest BCUT2D eigenvalue weighted by molar-refractivity contribution is 9.10. The second-order valence-electron chi connectivity index (χ2n) is 6.59. The maximum absolute atomic E-state index is 6.43. The van der Waals surface area contributed by atoms with Crippen LogP contribution in [0, 0.1) is 0 Å². The third-order valence-electron chi connectivity index (χ3n) is 5.05. The highest BCUT2D eigenvalue weighted by Gasteiger charge is 2.38. The van der Waals surface area contributed by atoms with Gasteiger partial charge in [0.1, 0.15) is 11.5 Å². The van der Waals surface area contributed by atoms with Crippen LogP contribution in [0.25, 0.3) is 5.76 Å². The van der Waals surface area contributed by atoms with Crippen LogP contribution in [-0.2, 0) is 5.41 Å². The lowest BCUT2D eigenvalue weighted by molar-refractivity contribution is 0.329. The molecular formula is C20H17BrCl2O. The number of ether oxygens (including phenoxy) is 1. The van der Waals surface area contributed by atoms with E-state index in [4.69, 9.17) is 27.9 Å². The van der Waals surface area contributed by atoms with E-state index in [0.29, 0.717) is 10.0 Å². The van der Waals surface area contributed by atoms with Crippen LogP contribution in [-0.4, -0.2) is 0 Å². The van der Waals surface area contributed by atoms with Gasteiger partial charge in [0.2, 0.25) is 0 Å². The van der Waals surface area contributed by atoms with Crippen molar-refractivity contribution in [3.8, 4) is 5.75 Å². The summed E-state index contributed by atoms with van der Waals surface area (Å²) in [6.45, 7) is 0. The van der Waals surface area contributed by atoms with Gasteiger partial charge in [-0.05, 0) is 49.2 Å². The van der Waals surface area contributed by atoms with Crippen molar-refractivity contribution in [1.29, 1.82) is 0 Å². The molecule has 0 radical (unpaired) electrons. The van der Waals surface area contributed by atoms with Gasteiger partial charge in [0.05, 0.1) is 5.02 Å². The summed E-state index contributed by atoms with van der Waals surface area (Å²) in [5.41, 5.74) is 2.24. The SMILES string of the molecule is Clc1ccc(C2=CC3(CCCCC3)c3ccc(Br)cc3O2)c(Cl)c1. The predicted molar refractivity (Wildman–Crippen MR) is 104 cm³/mol. The van der Waals surface area contributed by atoms with Crippen molar-refractivity contribution in [3.05, 3.63) is 68.1 Å². The van der Waals surface area contributed by atoms with Gasteiger partial charge in [0.15, 0.2) is 0 Å². The second kappa shape index (κ2) is 6.40. The number of rotatable bonds is 1. The Labute approximate surface area is 160 Å². The van der Waals surface area contributed by atoms with Crippen molar-refractivity contribution in [2.75, 3.05) is 0 Å². The Balaban J connectivity index is 1.87. The normalized spacial score (nSPS) is 18.7. The fourth-order valence-corrected chi connectivity index (χ4v) is 4.73. The van der Waals surface area contributed by atoms with Gasteiger partial charge in [-0.3, -0.25) is 0 Å². The quantitative estimate of drug-likeness (QED) is 0.464. The van der Waals surface area contributed by atoms with Crippen molar-refractivity contribution in [2.45, 2.75) is 37.5 Å². The first-order chi connectivity index (χ1) is 11.6. The Hall–Kier alpha value is -0.960. The van der Waals surface area contributed by atoms with E-state index in [1.165, 1.54) is 24.8 Å². The van der Waals surface area contributed by atoms with E-state index < -0.39 is 0 Å². The van der Waals surface area contributed by atoms with Gasteiger partial charge in [0, 0.05) is 26.0 Å². The number of hydrogen-bond acceptors (Lipinski definition) is 1. The number of benzene rings is 2. The zero-order chi connectivity index (χ0) is 16.7. The molecule has 1 fully saturated rings. The van der Waals surface area contributed by atoms with Crippen molar-refractivity contribution in [2.24, 2.45) is 0 Å². The molecule has 2 aromatic rings. The molecule has 1 saturated carbocycles. The van der Waals surface area contributed by atoms with E-state index in [9.17, 15) is 0 Å². The first-order valence-corrected chi connectivity index (χ1v) is 9.78. The van der Waals surface area contributed by atoms with Crippen molar-refractivity contribution >= 4 is 44.9 Å². The van der Waals surface area contributed by atoms with Gasteiger partial charge in [-0.15, -0.1) is 0 Å². The highest BCUT2D eigenvalue weighted by atomic mass is 79.9. The van der Waals surface area contributed by atoms with Crippen LogP contribution in [0.3, 0.4) is 0 Å². The zero-order valence-corrected chi connectivity index (χ0v) is 16.2. The Morgan fingerprint density at radius 1 is 0.958 bits per heavy atom. The van der Waals surface area contributed by atoms with Crippen LogP contribution in [0.15, 0.2) is 46.9 Å². The van der Waals surface area contributed by atoms with Crippen LogP contribution in [0.1, 0.15) is 43.2 Å². The lowest BCUT2D eigenvalue weighted by Crippen LogP contribution is -2.30. The molecule has 1 spiro atoms. The fraction of sp³-hybridized carbons (Fsp3) is 0.300. The molecule has 0 N–H and O–H groups in total. The molecule has 0 atom stereocenters. The Morgan fingerprint density at radius 3 is 2.50 bits per heavy atom. The molecule has 0 saturated heterocycles. The molecule has 24 heavy (non-hydrogen) atoms. The summed E-state index contributed by atoms with van der Waals surface area (Å²) < 4.78 is 7.27. The number of hydrogen-bond donors (Lipinski definition) is 0. The van der Waals surface area contributed by atoms with Gasteiger partial charge in [-0.25, -0.2) is 0 Å². The van der Waals surface area contributed by atoms with E-state index in [2.05, 4.69) is 40.2 Å². The molecule has 1 heterocycles. The molecule has 1 aliphatic heterocycles. The van der Waals surface area contributed by atoms with Gasteiger partial charge in [-0.2, -0.15) is 0 Å². The minimum absolute atomic E-state index is 0.0465. The molecule has 1 aliphatic carbocycles. The molecular weight excluding hydrogens is 407 g/mol. The Kier molecular flexibility index (Phi) is 4.40. The van der Waals surface area contributed by atoms with E-state index in [1.807, 2.05) is 12.1 Å². The van der Waals surface area contributed by atoms with E-state index in [-0.39, 0.29) is 5.41 Å². The largest absolute Gasteiger partial charge is 0.457 e. The van der Waals surface area contributed by atoms with Crippen molar-refractivity contribution < 1.29 is 4.74 Å². The summed E-state index contributed by atoms with van der Waals surface area (Å²) >= 11 is 16.0. The smallest absolute Gasteiger partial charge is 0.133 e. The first kappa shape index (κ1) is 16.5. The zero-order valence-electron chi connectivity index (χ0n) is 13.1. The summed E-state index contributed by atoms with van der Waals surface area (Å²) in [5.74, 6) is 1.76. The third-order valence-corrected chi connectivity index (χ3v) is 6.09. The van der Waals surface area contributed by atoms with Crippen LogP contribution in [0.4, 0.5) is 0 Å². The maximum Gasteiger partial charge on any atom is 0.133 e. The van der Waals surface area contributed by atoms with Gasteiger partial charge in [0.25, 0.3) is 0 Å². The molecule has 0 amide bonds. The number of allylic oxidation sites excluding steroid dienone is 1. The summed E-state index contributed by atoms with van der Waals surface area (Å²) in [6, 6.07) is 11.9. The predicted octanol–water partition coefficient (Wildman–Crippen LogP) is 7.39. The minimum Gasteiger partial charge on any atom is -0.457 e. The molecule has 0 aromatic heterocycles. The van der Waals surface area contributed by atoms with Crippen molar-refractivity contribution in [3.63, 3.8) is 0 Å². The second-order valence-corrected chi connectivity index (χ2v) is 8.35. The molecule has 4 heteroatoms. The van der Waals surface area contributed by atoms with Gasteiger partial charge in [-0.1, -0.05) is 64.5 Å². The van der Waals surface area contributed by atoms with Crippen molar-refractivity contribution in [1.82, 2.24) is 0 Å². The van der Waals surface area contributed by atoms with E-state index in [1.54, 1.807) is 6.07 Å². The summed E-state index contributed by atoms with van der Waals surface area (Å²) in [6.07, 6.45) is 8.39. The summed E-state index contributed by atoms with van der Waals surface area (Å²) in [4.78, 5) is 0. The summed E-state index contributed by atoms with van der Waals surface area (Å²) in [7, 11) is 0. The lowest BCUT2D eigenvalue weighted by atomic mass is 9.68. The average Bonchev–Trinajstić information content (AvgIpc) is 2.55. The molecule has 2 aromatic carbocycles. The molecule has 4 rings (SSSR count). The third kappa shape index (κ3) is 2.89. The van der Waals surface area contributed by atoms with Crippen LogP contribution < -0.4 is 4.74 Å². The summed E-state index contributed by atoms with van der Waals surface area (Å²) in [5, 5.41) is 1.26. The molecule has 0 unspecified atom stereocenters. The maximum atomic E-state index is 6.43. The van der Waals surface area contributed by atoms with Crippen LogP contribution in [0.5, 0.6) is 5.75 Å². The van der Waals surface area contributed by atoms with Crippen LogP contribution >= 0.6 is 39.1 Å². The minimum atomic E-state index is 0.0465. The molecule has 0 bridgehead atoms. The molecule has 1 nitrogen and oxygen atoms in total. The average molecular weight is 424 g/mol. The standard InChI is InChI=1S/C20H17BrCl2O/c21-13-4-7-16-18(10-13)24-19(12-20(16)8-2-1-3-9-20)15-6-5-14(22)11-17(15)23/h4-7,10-12H,1-3,8-9H2. The number of halogens is 3. The molecule has 124 valence electrons. The Bertz CT molecular complexity index is 822. The highest BCUT2D eigenvalue weighted by Crippen LogP contribution is 2.50. The fourth-order valence-electron chi connectivity index (χ4n) is 3.89.